The van der Waals surface area contributed by atoms with Crippen LogP contribution in [0.15, 0.2) is 9.85 Å². The van der Waals surface area contributed by atoms with E-state index in [0.717, 1.165) is 4.90 Å². The molecular weight excluding hydrogens is 479 g/mol. The number of methoxy groups -OCH3 is 1. The van der Waals surface area contributed by atoms with Gasteiger partial charge >= 0.3 is 6.18 Å². The highest BCUT2D eigenvalue weighted by molar-refractivity contribution is 9.11. The molecule has 29 heavy (non-hydrogen) atoms. The second kappa shape index (κ2) is 10.1. The van der Waals surface area contributed by atoms with Crippen molar-refractivity contribution in [1.82, 2.24) is 15.5 Å². The largest absolute Gasteiger partial charge is 0.495 e. The number of amides is 2. The van der Waals surface area contributed by atoms with Crippen LogP contribution in [0, 0.1) is 0 Å². The van der Waals surface area contributed by atoms with E-state index in [1.54, 1.807) is 19.9 Å². The zero-order valence-corrected chi connectivity index (χ0v) is 18.5. The monoisotopic (exact) mass is 501 g/mol. The molecule has 0 bridgehead atoms. The minimum Gasteiger partial charge on any atom is -0.495 e. The van der Waals surface area contributed by atoms with E-state index in [9.17, 15) is 22.8 Å². The number of nitrogens with one attached hydrogen (secondary N) is 2. The molecule has 3 atom stereocenters. The van der Waals surface area contributed by atoms with Crippen LogP contribution < -0.4 is 15.4 Å². The molecule has 7 nitrogen and oxygen atoms in total. The van der Waals surface area contributed by atoms with Crippen molar-refractivity contribution in [3.05, 3.63) is 14.7 Å². The molecule has 0 aliphatic carbocycles. The smallest absolute Gasteiger partial charge is 0.401 e. The molecule has 1 aliphatic rings. The summed E-state index contributed by atoms with van der Waals surface area (Å²) in [5, 5.41) is 5.45. The molecule has 1 fully saturated rings. The van der Waals surface area contributed by atoms with Gasteiger partial charge in [0.2, 0.25) is 5.91 Å². The molecule has 0 spiro atoms. The summed E-state index contributed by atoms with van der Waals surface area (Å²) in [6, 6.07) is -0.410. The first-order chi connectivity index (χ1) is 13.5. The van der Waals surface area contributed by atoms with Gasteiger partial charge in [-0.3, -0.25) is 14.5 Å². The Morgan fingerprint density at radius 3 is 2.62 bits per heavy atom. The molecule has 2 amide bonds. The molecule has 0 saturated carbocycles. The molecule has 12 heteroatoms. The van der Waals surface area contributed by atoms with Gasteiger partial charge in [0.1, 0.15) is 15.6 Å². The zero-order valence-electron chi connectivity index (χ0n) is 16.1. The fraction of sp³-hybridized carbons (Fsp3) is 0.647. The van der Waals surface area contributed by atoms with Crippen LogP contribution in [-0.2, 0) is 9.53 Å². The van der Waals surface area contributed by atoms with E-state index in [1.165, 1.54) is 18.4 Å². The molecule has 1 aromatic rings. The Morgan fingerprint density at radius 1 is 1.38 bits per heavy atom. The number of rotatable bonds is 7. The van der Waals surface area contributed by atoms with Gasteiger partial charge in [-0.25, -0.2) is 0 Å². The Labute approximate surface area is 179 Å². The van der Waals surface area contributed by atoms with Crippen molar-refractivity contribution >= 4 is 39.1 Å². The summed E-state index contributed by atoms with van der Waals surface area (Å²) in [5.74, 6) is -0.369. The van der Waals surface area contributed by atoms with Gasteiger partial charge in [-0.05, 0) is 29.8 Å². The maximum absolute atomic E-state index is 12.8. The van der Waals surface area contributed by atoms with Crippen molar-refractivity contribution in [2.45, 2.75) is 38.1 Å². The second-order valence-electron chi connectivity index (χ2n) is 6.69. The number of morpholine rings is 1. The number of carbonyl (C=O) groups is 2. The quantitative estimate of drug-likeness (QED) is 0.599. The van der Waals surface area contributed by atoms with E-state index in [-0.39, 0.29) is 25.7 Å². The topological polar surface area (TPSA) is 79.9 Å². The van der Waals surface area contributed by atoms with Gasteiger partial charge in [0.25, 0.3) is 5.91 Å². The van der Waals surface area contributed by atoms with Gasteiger partial charge in [0, 0.05) is 24.7 Å². The maximum atomic E-state index is 12.8. The zero-order chi connectivity index (χ0) is 21.8. The van der Waals surface area contributed by atoms with Crippen molar-refractivity contribution in [3.8, 4) is 5.75 Å². The maximum Gasteiger partial charge on any atom is 0.401 e. The van der Waals surface area contributed by atoms with Crippen LogP contribution in [0.2, 0.25) is 0 Å². The lowest BCUT2D eigenvalue weighted by Gasteiger charge is -2.36. The molecule has 3 unspecified atom stereocenters. The lowest BCUT2D eigenvalue weighted by molar-refractivity contribution is -0.167. The number of carbonyl (C=O) groups excluding carboxylic acids is 2. The summed E-state index contributed by atoms with van der Waals surface area (Å²) in [6.07, 6.45) is -4.40. The fourth-order valence-corrected chi connectivity index (χ4v) is 4.30. The van der Waals surface area contributed by atoms with E-state index < -0.39 is 36.8 Å². The molecule has 0 aromatic carbocycles. The summed E-state index contributed by atoms with van der Waals surface area (Å²) >= 11 is 4.51. The molecule has 1 aliphatic heterocycles. The highest BCUT2D eigenvalue weighted by Gasteiger charge is 2.38. The second-order valence-corrected chi connectivity index (χ2v) is 9.06. The predicted octanol–water partition coefficient (Wildman–Crippen LogP) is 2.41. The lowest BCUT2D eigenvalue weighted by Crippen LogP contribution is -2.59. The third kappa shape index (κ3) is 6.83. The SMILES string of the molecule is COc1cc(C(=O)NC(C)C(C)NC(=O)C2COCCN2CC(F)(F)F)sc1Br. The number of hydrogen-bond acceptors (Lipinski definition) is 6. The van der Waals surface area contributed by atoms with Crippen LogP contribution in [-0.4, -0.2) is 74.4 Å². The summed E-state index contributed by atoms with van der Waals surface area (Å²) in [4.78, 5) is 26.4. The summed E-state index contributed by atoms with van der Waals surface area (Å²) in [5.41, 5.74) is 0. The third-order valence-corrected chi connectivity index (χ3v) is 6.28. The number of thiophene rings is 1. The highest BCUT2D eigenvalue weighted by Crippen LogP contribution is 2.34. The molecule has 1 saturated heterocycles. The van der Waals surface area contributed by atoms with Crippen LogP contribution >= 0.6 is 27.3 Å². The van der Waals surface area contributed by atoms with E-state index >= 15 is 0 Å². The average molecular weight is 502 g/mol. The van der Waals surface area contributed by atoms with Crippen LogP contribution in [0.1, 0.15) is 23.5 Å². The van der Waals surface area contributed by atoms with E-state index in [1.807, 2.05) is 0 Å². The molecule has 2 N–H and O–H groups in total. The summed E-state index contributed by atoms with van der Waals surface area (Å²) in [7, 11) is 1.49. The minimum atomic E-state index is -4.40. The van der Waals surface area contributed by atoms with Crippen molar-refractivity contribution in [1.29, 1.82) is 0 Å². The van der Waals surface area contributed by atoms with E-state index in [2.05, 4.69) is 26.6 Å². The van der Waals surface area contributed by atoms with Crippen LogP contribution in [0.5, 0.6) is 5.75 Å². The summed E-state index contributed by atoms with van der Waals surface area (Å²) in [6.45, 7) is 2.25. The van der Waals surface area contributed by atoms with Crippen molar-refractivity contribution in [3.63, 3.8) is 0 Å². The Morgan fingerprint density at radius 2 is 2.03 bits per heavy atom. The highest BCUT2D eigenvalue weighted by atomic mass is 79.9. The van der Waals surface area contributed by atoms with Crippen molar-refractivity contribution in [2.75, 3.05) is 33.4 Å². The molecule has 0 radical (unpaired) electrons. The number of alkyl halides is 3. The average Bonchev–Trinajstić information content (AvgIpc) is 3.01. The lowest BCUT2D eigenvalue weighted by atomic mass is 10.1. The van der Waals surface area contributed by atoms with Crippen LogP contribution in [0.4, 0.5) is 13.2 Å². The van der Waals surface area contributed by atoms with E-state index in [0.29, 0.717) is 14.4 Å². The molecule has 164 valence electrons. The van der Waals surface area contributed by atoms with Crippen molar-refractivity contribution in [2.24, 2.45) is 0 Å². The molecule has 2 heterocycles. The van der Waals surface area contributed by atoms with Crippen LogP contribution in [0.25, 0.3) is 0 Å². The molecule has 1 aromatic heterocycles. The Balaban J connectivity index is 1.94. The predicted molar refractivity (Wildman–Crippen MR) is 105 cm³/mol. The molecular formula is C17H23BrF3N3O4S. The van der Waals surface area contributed by atoms with E-state index in [4.69, 9.17) is 9.47 Å². The fourth-order valence-electron chi connectivity index (χ4n) is 2.75. The van der Waals surface area contributed by atoms with Gasteiger partial charge < -0.3 is 20.1 Å². The van der Waals surface area contributed by atoms with Gasteiger partial charge in [0.15, 0.2) is 0 Å². The van der Waals surface area contributed by atoms with Crippen LogP contribution in [0.3, 0.4) is 0 Å². The van der Waals surface area contributed by atoms with Gasteiger partial charge in [-0.15, -0.1) is 11.3 Å². The first kappa shape index (κ1) is 23.9. The Kier molecular flexibility index (Phi) is 8.32. The Bertz CT molecular complexity index is 731. The van der Waals surface area contributed by atoms with Crippen molar-refractivity contribution < 1.29 is 32.2 Å². The molecule has 2 rings (SSSR count). The number of ether oxygens (including phenoxy) is 2. The Hall–Kier alpha value is -1.37. The first-order valence-electron chi connectivity index (χ1n) is 8.85. The first-order valence-corrected chi connectivity index (χ1v) is 10.5. The van der Waals surface area contributed by atoms with Gasteiger partial charge in [-0.2, -0.15) is 13.2 Å². The number of hydrogen-bond donors (Lipinski definition) is 2. The number of halogens is 4. The number of nitrogens with zero attached hydrogens (tertiary/aromatic N) is 1. The standard InChI is InChI=1S/C17H23BrF3N3O4S/c1-9(10(2)23-16(26)13-6-12(27-3)14(18)29-13)22-15(25)11-7-28-5-4-24(11)8-17(19,20)21/h6,9-11H,4-5,7-8H2,1-3H3,(H,22,25)(H,23,26). The normalized spacial score (nSPS) is 20.0. The minimum absolute atomic E-state index is 0.0212. The van der Waals surface area contributed by atoms with Gasteiger partial charge in [-0.1, -0.05) is 0 Å². The van der Waals surface area contributed by atoms with Gasteiger partial charge in [0.05, 0.1) is 31.7 Å². The third-order valence-electron chi connectivity index (χ3n) is 4.50. The summed E-state index contributed by atoms with van der Waals surface area (Å²) < 4.78 is 49.3.